The summed E-state index contributed by atoms with van der Waals surface area (Å²) in [5, 5.41) is 9.63. The van der Waals surface area contributed by atoms with E-state index in [0.717, 1.165) is 22.6 Å². The fourth-order valence-electron chi connectivity index (χ4n) is 3.35. The van der Waals surface area contributed by atoms with Crippen molar-refractivity contribution in [2.24, 2.45) is 0 Å². The van der Waals surface area contributed by atoms with Crippen molar-refractivity contribution in [3.05, 3.63) is 103 Å². The summed E-state index contributed by atoms with van der Waals surface area (Å²) in [6.07, 6.45) is 1.45. The van der Waals surface area contributed by atoms with E-state index >= 15 is 0 Å². The minimum absolute atomic E-state index is 0.497. The minimum Gasteiger partial charge on any atom is -0.489 e. The Morgan fingerprint density at radius 1 is 0.938 bits per heavy atom. The van der Waals surface area contributed by atoms with Crippen LogP contribution in [0.4, 0.5) is 11.5 Å². The van der Waals surface area contributed by atoms with Crippen molar-refractivity contribution < 1.29 is 14.6 Å². The average molecular weight is 425 g/mol. The zero-order valence-corrected chi connectivity index (χ0v) is 17.6. The molecule has 0 aliphatic heterocycles. The number of carboxylic acid groups (broad SMARTS) is 1. The molecule has 32 heavy (non-hydrogen) atoms. The van der Waals surface area contributed by atoms with Gasteiger partial charge in [0.15, 0.2) is 0 Å². The van der Waals surface area contributed by atoms with Crippen LogP contribution in [0.5, 0.6) is 5.75 Å². The van der Waals surface area contributed by atoms with Crippen LogP contribution in [0.3, 0.4) is 0 Å². The molecule has 4 aromatic rings. The first-order chi connectivity index (χ1) is 15.6. The van der Waals surface area contributed by atoms with Crippen LogP contribution in [0.2, 0.25) is 0 Å². The topological polar surface area (TPSA) is 75.5 Å². The highest BCUT2D eigenvalue weighted by molar-refractivity contribution is 5.82. The van der Waals surface area contributed by atoms with Gasteiger partial charge in [-0.15, -0.1) is 0 Å². The molecule has 0 saturated heterocycles. The first-order valence-corrected chi connectivity index (χ1v) is 10.3. The molecule has 0 fully saturated rings. The summed E-state index contributed by atoms with van der Waals surface area (Å²) in [6.45, 7) is 2.13. The Kier molecular flexibility index (Phi) is 6.41. The number of para-hydroxylation sites is 1. The maximum Gasteiger partial charge on any atom is 0.326 e. The first-order valence-electron chi connectivity index (χ1n) is 10.3. The van der Waals surface area contributed by atoms with Gasteiger partial charge in [0.2, 0.25) is 0 Å². The molecular weight excluding hydrogens is 402 g/mol. The molecule has 0 saturated carbocycles. The number of benzene rings is 3. The highest BCUT2D eigenvalue weighted by atomic mass is 16.5. The van der Waals surface area contributed by atoms with E-state index in [0.29, 0.717) is 18.1 Å². The van der Waals surface area contributed by atoms with E-state index in [9.17, 15) is 9.90 Å². The van der Waals surface area contributed by atoms with Crippen LogP contribution in [-0.4, -0.2) is 27.1 Å². The zero-order valence-electron chi connectivity index (χ0n) is 17.6. The van der Waals surface area contributed by atoms with Crippen molar-refractivity contribution in [3.63, 3.8) is 0 Å². The van der Waals surface area contributed by atoms with E-state index in [2.05, 4.69) is 9.97 Å². The minimum atomic E-state index is -0.936. The number of anilines is 2. The molecule has 0 unspecified atom stereocenters. The van der Waals surface area contributed by atoms with E-state index in [-0.39, 0.29) is 0 Å². The summed E-state index contributed by atoms with van der Waals surface area (Å²) < 4.78 is 5.85. The maximum atomic E-state index is 11.7. The van der Waals surface area contributed by atoms with Crippen LogP contribution >= 0.6 is 0 Å². The lowest BCUT2D eigenvalue weighted by Crippen LogP contribution is -2.36. The number of hydrogen-bond acceptors (Lipinski definition) is 5. The van der Waals surface area contributed by atoms with Gasteiger partial charge in [0.1, 0.15) is 30.5 Å². The Hall–Kier alpha value is -4.19. The van der Waals surface area contributed by atoms with Crippen molar-refractivity contribution in [2.45, 2.75) is 19.6 Å². The van der Waals surface area contributed by atoms with E-state index < -0.39 is 12.0 Å². The van der Waals surface area contributed by atoms with Crippen molar-refractivity contribution in [3.8, 4) is 17.0 Å². The quantitative estimate of drug-likeness (QED) is 0.411. The summed E-state index contributed by atoms with van der Waals surface area (Å²) in [6, 6.07) is 28.0. The number of aromatic nitrogens is 2. The molecule has 1 heterocycles. The van der Waals surface area contributed by atoms with Gasteiger partial charge in [-0.3, -0.25) is 0 Å². The lowest BCUT2D eigenvalue weighted by molar-refractivity contribution is -0.138. The third-order valence-corrected chi connectivity index (χ3v) is 5.08. The van der Waals surface area contributed by atoms with Gasteiger partial charge < -0.3 is 14.7 Å². The summed E-state index contributed by atoms with van der Waals surface area (Å²) in [4.78, 5) is 22.2. The summed E-state index contributed by atoms with van der Waals surface area (Å²) >= 11 is 0. The maximum absolute atomic E-state index is 11.7. The van der Waals surface area contributed by atoms with E-state index in [1.165, 1.54) is 6.33 Å². The number of hydrogen-bond donors (Lipinski definition) is 1. The fourth-order valence-corrected chi connectivity index (χ4v) is 3.35. The monoisotopic (exact) mass is 425 g/mol. The van der Waals surface area contributed by atoms with Crippen LogP contribution in [-0.2, 0) is 11.4 Å². The number of carboxylic acids is 1. The van der Waals surface area contributed by atoms with E-state index in [1.807, 2.05) is 84.9 Å². The second-order valence-electron chi connectivity index (χ2n) is 7.28. The van der Waals surface area contributed by atoms with Crippen LogP contribution < -0.4 is 9.64 Å². The SMILES string of the molecule is C[C@@H](C(=O)O)N(c1ccccc1)c1cc(-c2ccc(OCc3ccccc3)cc2)ncn1. The van der Waals surface area contributed by atoms with Gasteiger partial charge in [-0.2, -0.15) is 0 Å². The Morgan fingerprint density at radius 2 is 1.59 bits per heavy atom. The molecule has 4 rings (SSSR count). The van der Waals surface area contributed by atoms with Gasteiger partial charge in [0.05, 0.1) is 5.69 Å². The second kappa shape index (κ2) is 9.75. The van der Waals surface area contributed by atoms with Crippen LogP contribution in [0.1, 0.15) is 12.5 Å². The average Bonchev–Trinajstić information content (AvgIpc) is 2.85. The van der Waals surface area contributed by atoms with Gasteiger partial charge in [-0.1, -0.05) is 48.5 Å². The van der Waals surface area contributed by atoms with Crippen LogP contribution in [0.25, 0.3) is 11.3 Å². The Balaban J connectivity index is 1.57. The molecule has 160 valence electrons. The molecule has 1 atom stereocenters. The third-order valence-electron chi connectivity index (χ3n) is 5.08. The smallest absolute Gasteiger partial charge is 0.326 e. The molecular formula is C26H23N3O3. The van der Waals surface area contributed by atoms with Crippen LogP contribution in [0, 0.1) is 0 Å². The van der Waals surface area contributed by atoms with Crippen molar-refractivity contribution in [1.82, 2.24) is 9.97 Å². The first kappa shape index (κ1) is 21.1. The molecule has 0 spiro atoms. The predicted molar refractivity (Wildman–Crippen MR) is 124 cm³/mol. The van der Waals surface area contributed by atoms with E-state index in [4.69, 9.17) is 4.74 Å². The van der Waals surface area contributed by atoms with Gasteiger partial charge >= 0.3 is 5.97 Å². The van der Waals surface area contributed by atoms with Gasteiger partial charge in [-0.25, -0.2) is 14.8 Å². The molecule has 3 aromatic carbocycles. The largest absolute Gasteiger partial charge is 0.489 e. The highest BCUT2D eigenvalue weighted by Crippen LogP contribution is 2.29. The number of rotatable bonds is 8. The summed E-state index contributed by atoms with van der Waals surface area (Å²) in [7, 11) is 0. The molecule has 0 radical (unpaired) electrons. The lowest BCUT2D eigenvalue weighted by atomic mass is 10.1. The van der Waals surface area contributed by atoms with Crippen molar-refractivity contribution >= 4 is 17.5 Å². The predicted octanol–water partition coefficient (Wildman–Crippen LogP) is 5.33. The third kappa shape index (κ3) is 4.92. The standard InChI is InChI=1S/C26H23N3O3/c1-19(26(30)31)29(22-10-6-3-7-11-22)25-16-24(27-18-28-25)21-12-14-23(15-13-21)32-17-20-8-4-2-5-9-20/h2-16,18-19H,17H2,1H3,(H,30,31)/t19-/m0/s1. The number of carbonyl (C=O) groups is 1. The number of aliphatic carboxylic acids is 1. The normalized spacial score (nSPS) is 11.5. The number of ether oxygens (including phenoxy) is 1. The van der Waals surface area contributed by atoms with Crippen molar-refractivity contribution in [1.29, 1.82) is 0 Å². The molecule has 6 nitrogen and oxygen atoms in total. The Morgan fingerprint density at radius 3 is 2.25 bits per heavy atom. The fraction of sp³-hybridized carbons (Fsp3) is 0.115. The Bertz CT molecular complexity index is 1170. The lowest BCUT2D eigenvalue weighted by Gasteiger charge is -2.27. The zero-order chi connectivity index (χ0) is 22.3. The molecule has 0 bridgehead atoms. The van der Waals surface area contributed by atoms with E-state index in [1.54, 1.807) is 17.9 Å². The molecule has 0 amide bonds. The van der Waals surface area contributed by atoms with Gasteiger partial charge in [0.25, 0.3) is 0 Å². The molecule has 1 N–H and O–H groups in total. The number of nitrogens with zero attached hydrogens (tertiary/aromatic N) is 3. The highest BCUT2D eigenvalue weighted by Gasteiger charge is 2.24. The molecule has 1 aromatic heterocycles. The van der Waals surface area contributed by atoms with Gasteiger partial charge in [0, 0.05) is 17.3 Å². The second-order valence-corrected chi connectivity index (χ2v) is 7.28. The Labute approximate surface area is 186 Å². The molecule has 0 aliphatic carbocycles. The van der Waals surface area contributed by atoms with Crippen molar-refractivity contribution in [2.75, 3.05) is 4.90 Å². The van der Waals surface area contributed by atoms with Crippen LogP contribution in [0.15, 0.2) is 97.3 Å². The summed E-state index contributed by atoms with van der Waals surface area (Å²) in [5.41, 5.74) is 3.43. The molecule has 6 heteroatoms. The molecule has 0 aliphatic rings. The summed E-state index contributed by atoms with van der Waals surface area (Å²) in [5.74, 6) is 0.340. The van der Waals surface area contributed by atoms with Gasteiger partial charge in [-0.05, 0) is 48.9 Å².